The molecule has 0 saturated heterocycles. The van der Waals surface area contributed by atoms with Gasteiger partial charge >= 0.3 is 0 Å². The summed E-state index contributed by atoms with van der Waals surface area (Å²) in [5.74, 6) is 0. The molecule has 1 atom stereocenters. The minimum Gasteiger partial charge on any atom is -0.309 e. The van der Waals surface area contributed by atoms with Crippen LogP contribution in [-0.2, 0) is 6.54 Å². The highest BCUT2D eigenvalue weighted by Gasteiger charge is 2.31. The topological polar surface area (TPSA) is 12.0 Å². The SMILES string of the molecule is Cc1cccc(C)c1CNC1CCCCC1(C)C. The van der Waals surface area contributed by atoms with E-state index in [0.29, 0.717) is 11.5 Å². The lowest BCUT2D eigenvalue weighted by Gasteiger charge is -2.39. The summed E-state index contributed by atoms with van der Waals surface area (Å²) in [4.78, 5) is 0. The van der Waals surface area contributed by atoms with E-state index in [2.05, 4.69) is 51.2 Å². The lowest BCUT2D eigenvalue weighted by Crippen LogP contribution is -2.43. The van der Waals surface area contributed by atoms with E-state index in [-0.39, 0.29) is 0 Å². The highest BCUT2D eigenvalue weighted by Crippen LogP contribution is 2.35. The summed E-state index contributed by atoms with van der Waals surface area (Å²) in [5.41, 5.74) is 4.76. The minimum absolute atomic E-state index is 0.453. The Kier molecular flexibility index (Phi) is 4.11. The Hall–Kier alpha value is -0.820. The molecule has 1 nitrogen and oxygen atoms in total. The van der Waals surface area contributed by atoms with Crippen molar-refractivity contribution >= 4 is 0 Å². The van der Waals surface area contributed by atoms with Crippen LogP contribution in [0, 0.1) is 19.3 Å². The maximum Gasteiger partial charge on any atom is 0.0213 e. The number of benzene rings is 1. The van der Waals surface area contributed by atoms with Crippen LogP contribution < -0.4 is 5.32 Å². The van der Waals surface area contributed by atoms with E-state index in [4.69, 9.17) is 0 Å². The maximum absolute atomic E-state index is 3.81. The largest absolute Gasteiger partial charge is 0.309 e. The van der Waals surface area contributed by atoms with Crippen molar-refractivity contribution in [2.24, 2.45) is 5.41 Å². The molecule has 1 aromatic rings. The van der Waals surface area contributed by atoms with Crippen LogP contribution in [0.2, 0.25) is 0 Å². The van der Waals surface area contributed by atoms with Crippen molar-refractivity contribution in [1.82, 2.24) is 5.32 Å². The third-order valence-corrected chi connectivity index (χ3v) is 4.68. The number of hydrogen-bond donors (Lipinski definition) is 1. The van der Waals surface area contributed by atoms with Gasteiger partial charge in [0.25, 0.3) is 0 Å². The third-order valence-electron chi connectivity index (χ3n) is 4.68. The average Bonchev–Trinajstić information content (AvgIpc) is 2.30. The summed E-state index contributed by atoms with van der Waals surface area (Å²) in [5, 5.41) is 3.81. The summed E-state index contributed by atoms with van der Waals surface area (Å²) >= 11 is 0. The van der Waals surface area contributed by atoms with Crippen LogP contribution in [0.5, 0.6) is 0 Å². The van der Waals surface area contributed by atoms with E-state index in [9.17, 15) is 0 Å². The van der Waals surface area contributed by atoms with E-state index < -0.39 is 0 Å². The Morgan fingerprint density at radius 3 is 2.44 bits per heavy atom. The molecule has 1 saturated carbocycles. The molecule has 0 bridgehead atoms. The van der Waals surface area contributed by atoms with E-state index >= 15 is 0 Å². The van der Waals surface area contributed by atoms with E-state index in [0.717, 1.165) is 6.54 Å². The standard InChI is InChI=1S/C17H27N/c1-13-8-7-9-14(2)15(13)12-18-16-10-5-6-11-17(16,3)4/h7-9,16,18H,5-6,10-12H2,1-4H3. The van der Waals surface area contributed by atoms with Crippen molar-refractivity contribution in [2.45, 2.75) is 66.0 Å². The number of nitrogens with one attached hydrogen (secondary N) is 1. The zero-order valence-corrected chi connectivity index (χ0v) is 12.3. The molecule has 0 aromatic heterocycles. The Bertz CT molecular complexity index is 386. The Morgan fingerprint density at radius 2 is 1.83 bits per heavy atom. The summed E-state index contributed by atoms with van der Waals surface area (Å²) in [6.07, 6.45) is 5.47. The molecular formula is C17H27N. The second kappa shape index (κ2) is 5.44. The van der Waals surface area contributed by atoms with Crippen LogP contribution in [0.4, 0.5) is 0 Å². The number of rotatable bonds is 3. The van der Waals surface area contributed by atoms with Gasteiger partial charge in [-0.15, -0.1) is 0 Å². The monoisotopic (exact) mass is 245 g/mol. The first-order valence-corrected chi connectivity index (χ1v) is 7.29. The molecule has 1 heteroatoms. The smallest absolute Gasteiger partial charge is 0.0213 e. The zero-order chi connectivity index (χ0) is 13.2. The normalized spacial score (nSPS) is 23.0. The van der Waals surface area contributed by atoms with Crippen molar-refractivity contribution in [3.05, 3.63) is 34.9 Å². The maximum atomic E-state index is 3.81. The highest BCUT2D eigenvalue weighted by atomic mass is 14.9. The van der Waals surface area contributed by atoms with Crippen LogP contribution in [0.25, 0.3) is 0 Å². The molecule has 0 spiro atoms. The molecule has 1 aromatic carbocycles. The van der Waals surface area contributed by atoms with Gasteiger partial charge in [-0.2, -0.15) is 0 Å². The Labute approximate surface area is 112 Å². The Balaban J connectivity index is 2.03. The number of hydrogen-bond acceptors (Lipinski definition) is 1. The van der Waals surface area contributed by atoms with Crippen LogP contribution in [0.15, 0.2) is 18.2 Å². The van der Waals surface area contributed by atoms with Gasteiger partial charge in [0.2, 0.25) is 0 Å². The number of aryl methyl sites for hydroxylation is 2. The van der Waals surface area contributed by atoms with Gasteiger partial charge < -0.3 is 5.32 Å². The quantitative estimate of drug-likeness (QED) is 0.834. The molecule has 18 heavy (non-hydrogen) atoms. The predicted octanol–water partition coefficient (Wildman–Crippen LogP) is 4.36. The van der Waals surface area contributed by atoms with Gasteiger partial charge in [-0.1, -0.05) is 44.9 Å². The van der Waals surface area contributed by atoms with Gasteiger partial charge in [0.1, 0.15) is 0 Å². The molecule has 1 unspecified atom stereocenters. The van der Waals surface area contributed by atoms with Gasteiger partial charge in [-0.05, 0) is 48.8 Å². The van der Waals surface area contributed by atoms with Gasteiger partial charge in [0, 0.05) is 12.6 Å². The van der Waals surface area contributed by atoms with Crippen molar-refractivity contribution in [2.75, 3.05) is 0 Å². The first-order chi connectivity index (χ1) is 8.50. The molecular weight excluding hydrogens is 218 g/mol. The zero-order valence-electron chi connectivity index (χ0n) is 12.3. The summed E-state index contributed by atoms with van der Waals surface area (Å²) in [7, 11) is 0. The predicted molar refractivity (Wildman–Crippen MR) is 78.8 cm³/mol. The van der Waals surface area contributed by atoms with Crippen LogP contribution in [0.1, 0.15) is 56.2 Å². The molecule has 1 N–H and O–H groups in total. The van der Waals surface area contributed by atoms with Crippen molar-refractivity contribution in [3.63, 3.8) is 0 Å². The Morgan fingerprint density at radius 1 is 1.17 bits per heavy atom. The van der Waals surface area contributed by atoms with Gasteiger partial charge in [-0.25, -0.2) is 0 Å². The average molecular weight is 245 g/mol. The minimum atomic E-state index is 0.453. The fraction of sp³-hybridized carbons (Fsp3) is 0.647. The van der Waals surface area contributed by atoms with E-state index in [1.165, 1.54) is 42.4 Å². The first kappa shape index (κ1) is 13.6. The third kappa shape index (κ3) is 2.95. The molecule has 0 amide bonds. The van der Waals surface area contributed by atoms with Crippen molar-refractivity contribution in [3.8, 4) is 0 Å². The van der Waals surface area contributed by atoms with E-state index in [1.54, 1.807) is 0 Å². The van der Waals surface area contributed by atoms with E-state index in [1.807, 2.05) is 0 Å². The summed E-state index contributed by atoms with van der Waals surface area (Å²) in [6.45, 7) is 10.3. The molecule has 0 aliphatic heterocycles. The van der Waals surface area contributed by atoms with Crippen molar-refractivity contribution < 1.29 is 0 Å². The highest BCUT2D eigenvalue weighted by molar-refractivity contribution is 5.33. The molecule has 1 aliphatic rings. The molecule has 1 aliphatic carbocycles. The molecule has 100 valence electrons. The molecule has 2 rings (SSSR count). The fourth-order valence-corrected chi connectivity index (χ4v) is 3.23. The molecule has 1 fully saturated rings. The second-order valence-electron chi connectivity index (χ2n) is 6.54. The summed E-state index contributed by atoms with van der Waals surface area (Å²) < 4.78 is 0. The fourth-order valence-electron chi connectivity index (χ4n) is 3.23. The molecule has 0 radical (unpaired) electrons. The van der Waals surface area contributed by atoms with Crippen LogP contribution in [-0.4, -0.2) is 6.04 Å². The summed E-state index contributed by atoms with van der Waals surface area (Å²) in [6, 6.07) is 7.26. The first-order valence-electron chi connectivity index (χ1n) is 7.29. The second-order valence-corrected chi connectivity index (χ2v) is 6.54. The lowest BCUT2D eigenvalue weighted by atomic mass is 9.73. The van der Waals surface area contributed by atoms with Gasteiger partial charge in [0.15, 0.2) is 0 Å². The molecule has 0 heterocycles. The lowest BCUT2D eigenvalue weighted by molar-refractivity contribution is 0.166. The van der Waals surface area contributed by atoms with Gasteiger partial charge in [-0.3, -0.25) is 0 Å². The van der Waals surface area contributed by atoms with Crippen molar-refractivity contribution in [1.29, 1.82) is 0 Å². The van der Waals surface area contributed by atoms with Gasteiger partial charge in [0.05, 0.1) is 0 Å². The van der Waals surface area contributed by atoms with Crippen LogP contribution >= 0.6 is 0 Å². The van der Waals surface area contributed by atoms with Crippen LogP contribution in [0.3, 0.4) is 0 Å².